The molecule has 2 rings (SSSR count). The van der Waals surface area contributed by atoms with E-state index in [-0.39, 0.29) is 16.6 Å². The average Bonchev–Trinajstić information content (AvgIpc) is 2.69. The van der Waals surface area contributed by atoms with Crippen molar-refractivity contribution >= 4 is 22.4 Å². The molecule has 18 heavy (non-hydrogen) atoms. The Labute approximate surface area is 97.4 Å². The van der Waals surface area contributed by atoms with Crippen molar-refractivity contribution in [3.63, 3.8) is 0 Å². The highest BCUT2D eigenvalue weighted by atomic mass is 19.4. The number of nitrogens with zero attached hydrogens (tertiary/aromatic N) is 1. The van der Waals surface area contributed by atoms with Crippen LogP contribution in [0.2, 0.25) is 0 Å². The molecule has 1 aromatic heterocycles. The minimum atomic E-state index is -5.01. The number of aromatic nitrogens is 1. The highest BCUT2D eigenvalue weighted by Crippen LogP contribution is 2.30. The SMILES string of the molecule is O=C(c1c[nH]c2c([N+](=O)[O-])cccc12)C(F)(F)F. The van der Waals surface area contributed by atoms with Gasteiger partial charge in [0.15, 0.2) is 0 Å². The Hall–Kier alpha value is -2.38. The van der Waals surface area contributed by atoms with E-state index in [9.17, 15) is 28.1 Å². The second kappa shape index (κ2) is 3.83. The van der Waals surface area contributed by atoms with Crippen LogP contribution >= 0.6 is 0 Å². The fourth-order valence-electron chi connectivity index (χ4n) is 1.63. The molecule has 1 heterocycles. The number of benzene rings is 1. The number of carbonyl (C=O) groups excluding carboxylic acids is 1. The lowest BCUT2D eigenvalue weighted by Gasteiger charge is -2.03. The van der Waals surface area contributed by atoms with Gasteiger partial charge < -0.3 is 4.98 Å². The zero-order valence-electron chi connectivity index (χ0n) is 8.62. The number of hydrogen-bond acceptors (Lipinski definition) is 3. The first-order chi connectivity index (χ1) is 8.32. The zero-order chi connectivity index (χ0) is 13.5. The number of halogens is 3. The van der Waals surface area contributed by atoms with Crippen LogP contribution in [-0.4, -0.2) is 21.9 Å². The van der Waals surface area contributed by atoms with Gasteiger partial charge in [-0.1, -0.05) is 12.1 Å². The highest BCUT2D eigenvalue weighted by molar-refractivity contribution is 6.11. The number of nitro benzene ring substituents is 1. The smallest absolute Gasteiger partial charge is 0.355 e. The monoisotopic (exact) mass is 258 g/mol. The molecule has 8 heteroatoms. The van der Waals surface area contributed by atoms with Crippen molar-refractivity contribution in [3.05, 3.63) is 40.1 Å². The Morgan fingerprint density at radius 2 is 2.00 bits per heavy atom. The molecule has 94 valence electrons. The Morgan fingerprint density at radius 1 is 1.33 bits per heavy atom. The number of carbonyl (C=O) groups is 1. The lowest BCUT2D eigenvalue weighted by atomic mass is 10.1. The number of para-hydroxylation sites is 1. The summed E-state index contributed by atoms with van der Waals surface area (Å²) < 4.78 is 36.9. The molecule has 0 spiro atoms. The number of alkyl halides is 3. The van der Waals surface area contributed by atoms with Gasteiger partial charge in [0.1, 0.15) is 5.52 Å². The van der Waals surface area contributed by atoms with E-state index in [0.29, 0.717) is 0 Å². The molecule has 0 atom stereocenters. The number of aromatic amines is 1. The van der Waals surface area contributed by atoms with Gasteiger partial charge in [-0.2, -0.15) is 13.2 Å². The van der Waals surface area contributed by atoms with Gasteiger partial charge in [0.05, 0.1) is 10.5 Å². The van der Waals surface area contributed by atoms with E-state index in [1.54, 1.807) is 0 Å². The number of nitrogens with one attached hydrogen (secondary N) is 1. The molecule has 0 saturated carbocycles. The molecular formula is C10H5F3N2O3. The summed E-state index contributed by atoms with van der Waals surface area (Å²) in [7, 11) is 0. The van der Waals surface area contributed by atoms with Gasteiger partial charge in [-0.05, 0) is 0 Å². The molecule has 1 N–H and O–H groups in total. The number of H-pyrrole nitrogens is 1. The number of rotatable bonds is 2. The van der Waals surface area contributed by atoms with E-state index in [1.807, 2.05) is 0 Å². The van der Waals surface area contributed by atoms with Crippen LogP contribution in [0.1, 0.15) is 10.4 Å². The van der Waals surface area contributed by atoms with Crippen molar-refractivity contribution in [1.82, 2.24) is 4.98 Å². The molecule has 0 aliphatic rings. The Kier molecular flexibility index (Phi) is 2.57. The minimum absolute atomic E-state index is 0.102. The molecule has 0 fully saturated rings. The van der Waals surface area contributed by atoms with E-state index in [0.717, 1.165) is 12.3 Å². The predicted octanol–water partition coefficient (Wildman–Crippen LogP) is 2.82. The van der Waals surface area contributed by atoms with Crippen LogP contribution in [0.4, 0.5) is 18.9 Å². The number of Topliss-reactive ketones (excluding diaryl/α,β-unsaturated/α-hetero) is 1. The van der Waals surface area contributed by atoms with Gasteiger partial charge in [0, 0.05) is 17.6 Å². The number of ketones is 1. The minimum Gasteiger partial charge on any atom is -0.355 e. The van der Waals surface area contributed by atoms with Crippen molar-refractivity contribution < 1.29 is 22.9 Å². The second-order valence-corrected chi connectivity index (χ2v) is 3.49. The molecule has 0 radical (unpaired) electrons. The quantitative estimate of drug-likeness (QED) is 0.511. The molecule has 2 aromatic rings. The first-order valence-corrected chi connectivity index (χ1v) is 4.68. The van der Waals surface area contributed by atoms with E-state index >= 15 is 0 Å². The normalized spacial score (nSPS) is 11.7. The maximum Gasteiger partial charge on any atom is 0.454 e. The van der Waals surface area contributed by atoms with Crippen LogP contribution in [-0.2, 0) is 0 Å². The average molecular weight is 258 g/mol. The van der Waals surface area contributed by atoms with Crippen LogP contribution < -0.4 is 0 Å². The number of nitro groups is 1. The van der Waals surface area contributed by atoms with Gasteiger partial charge in [-0.3, -0.25) is 14.9 Å². The van der Waals surface area contributed by atoms with Gasteiger partial charge >= 0.3 is 6.18 Å². The lowest BCUT2D eigenvalue weighted by molar-refractivity contribution is -0.383. The summed E-state index contributed by atoms with van der Waals surface area (Å²) in [6.07, 6.45) is -4.19. The van der Waals surface area contributed by atoms with Crippen molar-refractivity contribution in [2.75, 3.05) is 0 Å². The summed E-state index contributed by atoms with van der Waals surface area (Å²) in [6, 6.07) is 3.58. The Balaban J connectivity index is 2.67. The predicted molar refractivity (Wildman–Crippen MR) is 55.3 cm³/mol. The van der Waals surface area contributed by atoms with Crippen molar-refractivity contribution in [2.45, 2.75) is 6.18 Å². The molecule has 0 amide bonds. The molecular weight excluding hydrogens is 253 g/mol. The largest absolute Gasteiger partial charge is 0.454 e. The summed E-state index contributed by atoms with van der Waals surface area (Å²) in [5.74, 6) is -2.03. The van der Waals surface area contributed by atoms with Crippen molar-refractivity contribution in [2.24, 2.45) is 0 Å². The fourth-order valence-corrected chi connectivity index (χ4v) is 1.63. The van der Waals surface area contributed by atoms with Gasteiger partial charge in [0.2, 0.25) is 0 Å². The molecule has 1 aromatic carbocycles. The first-order valence-electron chi connectivity index (χ1n) is 4.68. The van der Waals surface area contributed by atoms with E-state index < -0.39 is 22.4 Å². The lowest BCUT2D eigenvalue weighted by Crippen LogP contribution is -2.22. The van der Waals surface area contributed by atoms with Crippen LogP contribution in [0.25, 0.3) is 10.9 Å². The third kappa shape index (κ3) is 1.81. The third-order valence-corrected chi connectivity index (χ3v) is 2.39. The maximum absolute atomic E-state index is 12.3. The standard InChI is InChI=1S/C10H5F3N2O3/c11-10(12,13)9(16)6-4-14-8-5(6)2-1-3-7(8)15(17)18/h1-4,14H. The Morgan fingerprint density at radius 3 is 2.56 bits per heavy atom. The van der Waals surface area contributed by atoms with Crippen molar-refractivity contribution in [1.29, 1.82) is 0 Å². The van der Waals surface area contributed by atoms with Crippen LogP contribution in [0.3, 0.4) is 0 Å². The summed E-state index contributed by atoms with van der Waals surface area (Å²) in [6.45, 7) is 0. The topological polar surface area (TPSA) is 76.0 Å². The maximum atomic E-state index is 12.3. The summed E-state index contributed by atoms with van der Waals surface area (Å²) in [4.78, 5) is 23.4. The number of fused-ring (bicyclic) bond motifs is 1. The Bertz CT molecular complexity index is 645. The fraction of sp³-hybridized carbons (Fsp3) is 0.100. The molecule has 0 bridgehead atoms. The number of hydrogen-bond donors (Lipinski definition) is 1. The molecule has 5 nitrogen and oxygen atoms in total. The van der Waals surface area contributed by atoms with Gasteiger partial charge in [0.25, 0.3) is 11.5 Å². The van der Waals surface area contributed by atoms with Gasteiger partial charge in [-0.15, -0.1) is 0 Å². The number of non-ortho nitro benzene ring substituents is 1. The molecule has 0 saturated heterocycles. The van der Waals surface area contributed by atoms with Crippen LogP contribution in [0.5, 0.6) is 0 Å². The summed E-state index contributed by atoms with van der Waals surface area (Å²) in [5, 5.41) is 10.6. The van der Waals surface area contributed by atoms with E-state index in [4.69, 9.17) is 0 Å². The van der Waals surface area contributed by atoms with Crippen LogP contribution in [0.15, 0.2) is 24.4 Å². The molecule has 0 aliphatic carbocycles. The first kappa shape index (κ1) is 12.1. The molecule has 0 aliphatic heterocycles. The highest BCUT2D eigenvalue weighted by Gasteiger charge is 2.40. The second-order valence-electron chi connectivity index (χ2n) is 3.49. The summed E-state index contributed by atoms with van der Waals surface area (Å²) in [5.41, 5.74) is -1.11. The zero-order valence-corrected chi connectivity index (χ0v) is 8.62. The summed E-state index contributed by atoms with van der Waals surface area (Å²) >= 11 is 0. The van der Waals surface area contributed by atoms with Crippen LogP contribution in [0, 0.1) is 10.1 Å². The third-order valence-electron chi connectivity index (χ3n) is 2.39. The molecule has 0 unspecified atom stereocenters. The van der Waals surface area contributed by atoms with Crippen molar-refractivity contribution in [3.8, 4) is 0 Å². The van der Waals surface area contributed by atoms with Gasteiger partial charge in [-0.25, -0.2) is 0 Å². The van der Waals surface area contributed by atoms with E-state index in [1.165, 1.54) is 12.1 Å². The van der Waals surface area contributed by atoms with E-state index in [2.05, 4.69) is 4.98 Å².